The highest BCUT2D eigenvalue weighted by Crippen LogP contribution is 2.35. The Balaban J connectivity index is 2.25. The first-order valence-corrected chi connectivity index (χ1v) is 9.34. The second kappa shape index (κ2) is 6.38. The fourth-order valence-corrected chi connectivity index (χ4v) is 4.29. The molecule has 0 aliphatic heterocycles. The van der Waals surface area contributed by atoms with Crippen LogP contribution in [0.3, 0.4) is 0 Å². The van der Waals surface area contributed by atoms with Crippen LogP contribution in [0.5, 0.6) is 5.75 Å². The molecule has 3 aromatic rings. The standard InChI is InChI=1S/C17H12BrNO5S/c18-13-7-3-4-8-14(13)19-25(23,24)15-9-12(17(21)22)16(20)11-6-2-1-5-10(11)15/h1-9,19-20H,(H,21,22). The predicted molar refractivity (Wildman–Crippen MR) is 97.5 cm³/mol. The zero-order valence-corrected chi connectivity index (χ0v) is 15.0. The molecule has 128 valence electrons. The Hall–Kier alpha value is -2.58. The molecule has 0 aliphatic rings. The second-order valence-corrected chi connectivity index (χ2v) is 7.71. The molecule has 0 fully saturated rings. The smallest absolute Gasteiger partial charge is 0.339 e. The van der Waals surface area contributed by atoms with Gasteiger partial charge in [-0.05, 0) is 34.1 Å². The average molecular weight is 422 g/mol. The first-order valence-electron chi connectivity index (χ1n) is 7.06. The van der Waals surface area contributed by atoms with E-state index in [-0.39, 0.29) is 15.7 Å². The Morgan fingerprint density at radius 2 is 1.60 bits per heavy atom. The second-order valence-electron chi connectivity index (χ2n) is 5.21. The van der Waals surface area contributed by atoms with E-state index in [4.69, 9.17) is 0 Å². The van der Waals surface area contributed by atoms with Crippen molar-refractivity contribution in [3.8, 4) is 5.75 Å². The van der Waals surface area contributed by atoms with E-state index < -0.39 is 27.3 Å². The lowest BCUT2D eigenvalue weighted by Crippen LogP contribution is -2.15. The van der Waals surface area contributed by atoms with E-state index >= 15 is 0 Å². The molecule has 0 unspecified atom stereocenters. The minimum atomic E-state index is -4.09. The molecule has 0 bridgehead atoms. The molecular weight excluding hydrogens is 410 g/mol. The van der Waals surface area contributed by atoms with Gasteiger partial charge in [-0.25, -0.2) is 13.2 Å². The number of sulfonamides is 1. The molecule has 0 aromatic heterocycles. The molecule has 0 saturated heterocycles. The summed E-state index contributed by atoms with van der Waals surface area (Å²) >= 11 is 3.26. The summed E-state index contributed by atoms with van der Waals surface area (Å²) in [6.07, 6.45) is 0. The van der Waals surface area contributed by atoms with Gasteiger partial charge in [0.05, 0.1) is 10.6 Å². The summed E-state index contributed by atoms with van der Waals surface area (Å²) in [5.41, 5.74) is -0.164. The molecule has 3 N–H and O–H groups in total. The lowest BCUT2D eigenvalue weighted by molar-refractivity contribution is 0.0694. The number of carboxylic acids is 1. The zero-order chi connectivity index (χ0) is 18.2. The maximum absolute atomic E-state index is 12.8. The van der Waals surface area contributed by atoms with Crippen LogP contribution in [0.1, 0.15) is 10.4 Å². The maximum atomic E-state index is 12.8. The molecule has 0 aliphatic carbocycles. The van der Waals surface area contributed by atoms with Crippen LogP contribution < -0.4 is 4.72 Å². The van der Waals surface area contributed by atoms with Gasteiger partial charge in [0.15, 0.2) is 0 Å². The largest absolute Gasteiger partial charge is 0.506 e. The maximum Gasteiger partial charge on any atom is 0.339 e. The van der Waals surface area contributed by atoms with E-state index in [9.17, 15) is 23.4 Å². The van der Waals surface area contributed by atoms with Crippen molar-refractivity contribution in [2.24, 2.45) is 0 Å². The number of benzene rings is 3. The SMILES string of the molecule is O=C(O)c1cc(S(=O)(=O)Nc2ccccc2Br)c2ccccc2c1O. The highest BCUT2D eigenvalue weighted by molar-refractivity contribution is 9.10. The number of rotatable bonds is 4. The summed E-state index contributed by atoms with van der Waals surface area (Å²) < 4.78 is 28.7. The van der Waals surface area contributed by atoms with Crippen LogP contribution >= 0.6 is 15.9 Å². The van der Waals surface area contributed by atoms with Crippen molar-refractivity contribution >= 4 is 48.4 Å². The summed E-state index contributed by atoms with van der Waals surface area (Å²) in [5.74, 6) is -1.89. The molecule has 0 amide bonds. The van der Waals surface area contributed by atoms with Gasteiger partial charge in [0.2, 0.25) is 0 Å². The fourth-order valence-electron chi connectivity index (χ4n) is 2.46. The number of halogens is 1. The van der Waals surface area contributed by atoms with Crippen LogP contribution in [0, 0.1) is 0 Å². The summed E-state index contributed by atoms with van der Waals surface area (Å²) in [6, 6.07) is 13.8. The quantitative estimate of drug-likeness (QED) is 0.593. The van der Waals surface area contributed by atoms with Crippen molar-refractivity contribution < 1.29 is 23.4 Å². The summed E-state index contributed by atoms with van der Waals surface area (Å²) in [4.78, 5) is 11.1. The van der Waals surface area contributed by atoms with E-state index in [2.05, 4.69) is 20.7 Å². The Labute approximate surface area is 151 Å². The Morgan fingerprint density at radius 1 is 1.00 bits per heavy atom. The molecule has 0 spiro atoms. The molecule has 0 saturated carbocycles. The number of aromatic carboxylic acids is 1. The van der Waals surface area contributed by atoms with Crippen molar-refractivity contribution in [2.75, 3.05) is 4.72 Å². The van der Waals surface area contributed by atoms with Crippen LogP contribution in [0.4, 0.5) is 5.69 Å². The minimum Gasteiger partial charge on any atom is -0.506 e. The van der Waals surface area contributed by atoms with Gasteiger partial charge in [-0.3, -0.25) is 4.72 Å². The number of fused-ring (bicyclic) bond motifs is 1. The van der Waals surface area contributed by atoms with Gasteiger partial charge in [-0.2, -0.15) is 0 Å². The van der Waals surface area contributed by atoms with Gasteiger partial charge in [0.25, 0.3) is 10.0 Å². The molecule has 25 heavy (non-hydrogen) atoms. The van der Waals surface area contributed by atoms with E-state index in [1.165, 1.54) is 12.1 Å². The molecule has 3 aromatic carbocycles. The number of phenols is 1. The Morgan fingerprint density at radius 3 is 2.24 bits per heavy atom. The number of anilines is 1. The first-order chi connectivity index (χ1) is 11.8. The lowest BCUT2D eigenvalue weighted by atomic mass is 10.1. The minimum absolute atomic E-state index is 0.148. The molecule has 3 rings (SSSR count). The topological polar surface area (TPSA) is 104 Å². The average Bonchev–Trinajstić information content (AvgIpc) is 2.57. The highest BCUT2D eigenvalue weighted by atomic mass is 79.9. The number of carboxylic acid groups (broad SMARTS) is 1. The van der Waals surface area contributed by atoms with Crippen LogP contribution in [0.25, 0.3) is 10.8 Å². The third-order valence-electron chi connectivity index (χ3n) is 3.62. The molecule has 8 heteroatoms. The van der Waals surface area contributed by atoms with Gasteiger partial charge in [-0.1, -0.05) is 36.4 Å². The van der Waals surface area contributed by atoms with E-state index in [0.29, 0.717) is 10.2 Å². The third-order valence-corrected chi connectivity index (χ3v) is 5.71. The first kappa shape index (κ1) is 17.2. The summed E-state index contributed by atoms with van der Waals surface area (Å²) in [5, 5.41) is 19.8. The van der Waals surface area contributed by atoms with Gasteiger partial charge >= 0.3 is 5.97 Å². The zero-order valence-electron chi connectivity index (χ0n) is 12.6. The molecular formula is C17H12BrNO5S. The number of aromatic hydroxyl groups is 1. The normalized spacial score (nSPS) is 11.4. The van der Waals surface area contributed by atoms with Crippen molar-refractivity contribution in [2.45, 2.75) is 4.90 Å². The summed E-state index contributed by atoms with van der Waals surface area (Å²) in [7, 11) is -4.09. The highest BCUT2D eigenvalue weighted by Gasteiger charge is 2.24. The lowest BCUT2D eigenvalue weighted by Gasteiger charge is -2.14. The van der Waals surface area contributed by atoms with Gasteiger partial charge in [0.1, 0.15) is 11.3 Å². The summed E-state index contributed by atoms with van der Waals surface area (Å²) in [6.45, 7) is 0. The van der Waals surface area contributed by atoms with Crippen molar-refractivity contribution in [1.82, 2.24) is 0 Å². The molecule has 6 nitrogen and oxygen atoms in total. The number of hydrogen-bond donors (Lipinski definition) is 3. The number of carbonyl (C=O) groups is 1. The van der Waals surface area contributed by atoms with Crippen LogP contribution in [-0.4, -0.2) is 24.6 Å². The number of nitrogens with one attached hydrogen (secondary N) is 1. The number of para-hydroxylation sites is 1. The number of hydrogen-bond acceptors (Lipinski definition) is 4. The van der Waals surface area contributed by atoms with Crippen LogP contribution in [0.2, 0.25) is 0 Å². The van der Waals surface area contributed by atoms with Gasteiger partial charge < -0.3 is 10.2 Å². The molecule has 0 atom stereocenters. The van der Waals surface area contributed by atoms with E-state index in [1.807, 2.05) is 0 Å². The van der Waals surface area contributed by atoms with E-state index in [1.54, 1.807) is 36.4 Å². The predicted octanol–water partition coefficient (Wildman–Crippen LogP) is 3.81. The fraction of sp³-hybridized carbons (Fsp3) is 0. The van der Waals surface area contributed by atoms with Crippen molar-refractivity contribution in [3.05, 3.63) is 64.6 Å². The Kier molecular flexibility index (Phi) is 4.40. The molecule has 0 heterocycles. The molecule has 0 radical (unpaired) electrons. The van der Waals surface area contributed by atoms with E-state index in [0.717, 1.165) is 6.07 Å². The monoisotopic (exact) mass is 421 g/mol. The van der Waals surface area contributed by atoms with Crippen molar-refractivity contribution in [1.29, 1.82) is 0 Å². The Bertz CT molecular complexity index is 1100. The van der Waals surface area contributed by atoms with Gasteiger partial charge in [-0.15, -0.1) is 0 Å². The van der Waals surface area contributed by atoms with Crippen LogP contribution in [-0.2, 0) is 10.0 Å². The van der Waals surface area contributed by atoms with Crippen LogP contribution in [0.15, 0.2) is 64.0 Å². The third kappa shape index (κ3) is 3.18. The van der Waals surface area contributed by atoms with Crippen molar-refractivity contribution in [3.63, 3.8) is 0 Å². The van der Waals surface area contributed by atoms with Gasteiger partial charge in [0, 0.05) is 15.2 Å².